The summed E-state index contributed by atoms with van der Waals surface area (Å²) in [7, 11) is 0. The van der Waals surface area contributed by atoms with Crippen molar-refractivity contribution in [2.45, 2.75) is 46.5 Å². The lowest BCUT2D eigenvalue weighted by molar-refractivity contribution is -0.126. The second-order valence-electron chi connectivity index (χ2n) is 7.83. The summed E-state index contributed by atoms with van der Waals surface area (Å²) in [6.07, 6.45) is 4.05. The molecular weight excluding hydrogens is 258 g/mol. The molecule has 1 aromatic rings. The first kappa shape index (κ1) is 14.6. The number of benzene rings is 1. The maximum atomic E-state index is 12.3. The number of nitrogens with zero attached hydrogens (tertiary/aromatic N) is 1. The topological polar surface area (TPSA) is 20.3 Å². The van der Waals surface area contributed by atoms with Crippen molar-refractivity contribution in [3.8, 4) is 0 Å². The molecule has 2 aliphatic rings. The highest BCUT2D eigenvalue weighted by atomic mass is 16.1. The van der Waals surface area contributed by atoms with E-state index in [0.29, 0.717) is 17.1 Å². The van der Waals surface area contributed by atoms with Gasteiger partial charge in [0.1, 0.15) is 5.78 Å². The van der Waals surface area contributed by atoms with Crippen LogP contribution in [-0.2, 0) is 11.2 Å². The molecule has 0 N–H and O–H groups in total. The normalized spacial score (nSPS) is 26.0. The van der Waals surface area contributed by atoms with Crippen LogP contribution in [0, 0.1) is 17.3 Å². The minimum Gasteiger partial charge on any atom is -0.370 e. The molecular formula is C19H27NO. The van der Waals surface area contributed by atoms with Gasteiger partial charge in [-0.3, -0.25) is 4.79 Å². The zero-order chi connectivity index (χ0) is 15.0. The molecule has 114 valence electrons. The van der Waals surface area contributed by atoms with Crippen LogP contribution in [0.25, 0.3) is 0 Å². The molecule has 2 heteroatoms. The molecule has 21 heavy (non-hydrogen) atoms. The maximum absolute atomic E-state index is 12.3. The number of carbonyl (C=O) groups is 1. The lowest BCUT2D eigenvalue weighted by Gasteiger charge is -2.38. The number of ketones is 1. The molecule has 2 nitrogen and oxygen atoms in total. The van der Waals surface area contributed by atoms with Crippen molar-refractivity contribution in [1.82, 2.24) is 0 Å². The number of Topliss-reactive ketones (excluding diaryl/α,β-unsaturated/α-hetero) is 1. The standard InChI is InChI=1S/C19H27NO/c1-19(2,3)16-8-9-18(21)15(12-16)13-20-11-10-14-6-4-5-7-17(14)20/h4-7,15-16H,8-13H2,1-3H3. The second kappa shape index (κ2) is 5.47. The monoisotopic (exact) mass is 285 g/mol. The van der Waals surface area contributed by atoms with Crippen LogP contribution < -0.4 is 4.90 Å². The largest absolute Gasteiger partial charge is 0.370 e. The van der Waals surface area contributed by atoms with Crippen molar-refractivity contribution in [3.05, 3.63) is 29.8 Å². The highest BCUT2D eigenvalue weighted by molar-refractivity contribution is 5.82. The first-order valence-electron chi connectivity index (χ1n) is 8.30. The minimum atomic E-state index is 0.231. The summed E-state index contributed by atoms with van der Waals surface area (Å²) >= 11 is 0. The summed E-state index contributed by atoms with van der Waals surface area (Å²) in [6.45, 7) is 8.94. The molecule has 1 saturated carbocycles. The van der Waals surface area contributed by atoms with E-state index >= 15 is 0 Å². The van der Waals surface area contributed by atoms with Crippen LogP contribution in [0.15, 0.2) is 24.3 Å². The Labute approximate surface area is 128 Å². The van der Waals surface area contributed by atoms with Crippen LogP contribution in [0.1, 0.15) is 45.6 Å². The van der Waals surface area contributed by atoms with Crippen molar-refractivity contribution in [2.75, 3.05) is 18.0 Å². The fourth-order valence-electron chi connectivity index (χ4n) is 3.94. The van der Waals surface area contributed by atoms with Crippen LogP contribution in [0.4, 0.5) is 5.69 Å². The highest BCUT2D eigenvalue weighted by Crippen LogP contribution is 2.40. The molecule has 0 aromatic heterocycles. The average Bonchev–Trinajstić information content (AvgIpc) is 2.83. The van der Waals surface area contributed by atoms with Gasteiger partial charge in [0.2, 0.25) is 0 Å². The van der Waals surface area contributed by atoms with Crippen LogP contribution in [0.5, 0.6) is 0 Å². The van der Waals surface area contributed by atoms with E-state index in [1.54, 1.807) is 0 Å². The van der Waals surface area contributed by atoms with Crippen molar-refractivity contribution in [2.24, 2.45) is 17.3 Å². The lowest BCUT2D eigenvalue weighted by Crippen LogP contribution is -2.38. The SMILES string of the molecule is CC(C)(C)C1CCC(=O)C(CN2CCc3ccccc32)C1. The van der Waals surface area contributed by atoms with E-state index < -0.39 is 0 Å². The molecule has 1 heterocycles. The van der Waals surface area contributed by atoms with Gasteiger partial charge in [0.05, 0.1) is 0 Å². The van der Waals surface area contributed by atoms with E-state index in [0.717, 1.165) is 38.8 Å². The Bertz CT molecular complexity index is 529. The summed E-state index contributed by atoms with van der Waals surface area (Å²) in [6, 6.07) is 8.65. The van der Waals surface area contributed by atoms with Gasteiger partial charge in [-0.05, 0) is 42.2 Å². The molecule has 1 aromatic carbocycles. The van der Waals surface area contributed by atoms with E-state index in [1.165, 1.54) is 11.3 Å². The summed E-state index contributed by atoms with van der Waals surface area (Å²) in [4.78, 5) is 14.8. The molecule has 1 aliphatic carbocycles. The van der Waals surface area contributed by atoms with Crippen molar-refractivity contribution >= 4 is 11.5 Å². The van der Waals surface area contributed by atoms with E-state index in [1.807, 2.05) is 0 Å². The highest BCUT2D eigenvalue weighted by Gasteiger charge is 2.36. The van der Waals surface area contributed by atoms with Gasteiger partial charge >= 0.3 is 0 Å². The van der Waals surface area contributed by atoms with Crippen molar-refractivity contribution in [3.63, 3.8) is 0 Å². The lowest BCUT2D eigenvalue weighted by atomic mass is 9.68. The molecule has 0 bridgehead atoms. The Morgan fingerprint density at radius 2 is 1.95 bits per heavy atom. The van der Waals surface area contributed by atoms with Gasteiger partial charge in [0, 0.05) is 31.1 Å². The molecule has 0 spiro atoms. The third kappa shape index (κ3) is 3.00. The Balaban J connectivity index is 1.71. The molecule has 2 unspecified atom stereocenters. The summed E-state index contributed by atoms with van der Waals surface area (Å²) in [5, 5.41) is 0. The Kier molecular flexibility index (Phi) is 3.81. The third-order valence-corrected chi connectivity index (χ3v) is 5.41. The van der Waals surface area contributed by atoms with Crippen LogP contribution in [0.2, 0.25) is 0 Å². The van der Waals surface area contributed by atoms with Crippen LogP contribution >= 0.6 is 0 Å². The number of anilines is 1. The van der Waals surface area contributed by atoms with Gasteiger partial charge in [0.15, 0.2) is 0 Å². The first-order valence-corrected chi connectivity index (χ1v) is 8.30. The summed E-state index contributed by atoms with van der Waals surface area (Å²) in [5.74, 6) is 1.40. The van der Waals surface area contributed by atoms with E-state index in [2.05, 4.69) is 49.9 Å². The smallest absolute Gasteiger partial charge is 0.137 e. The average molecular weight is 285 g/mol. The molecule has 0 radical (unpaired) electrons. The third-order valence-electron chi connectivity index (χ3n) is 5.41. The Hall–Kier alpha value is -1.31. The molecule has 3 rings (SSSR count). The maximum Gasteiger partial charge on any atom is 0.137 e. The molecule has 2 atom stereocenters. The van der Waals surface area contributed by atoms with Gasteiger partial charge in [-0.1, -0.05) is 39.0 Å². The quantitative estimate of drug-likeness (QED) is 0.816. The summed E-state index contributed by atoms with van der Waals surface area (Å²) < 4.78 is 0. The van der Waals surface area contributed by atoms with Gasteiger partial charge in [-0.25, -0.2) is 0 Å². The predicted molar refractivity (Wildman–Crippen MR) is 87.7 cm³/mol. The second-order valence-corrected chi connectivity index (χ2v) is 7.83. The predicted octanol–water partition coefficient (Wildman–Crippen LogP) is 4.08. The number of rotatable bonds is 2. The van der Waals surface area contributed by atoms with Gasteiger partial charge < -0.3 is 4.90 Å². The van der Waals surface area contributed by atoms with Crippen molar-refractivity contribution in [1.29, 1.82) is 0 Å². The number of carbonyl (C=O) groups excluding carboxylic acids is 1. The molecule has 1 aliphatic heterocycles. The molecule has 1 fully saturated rings. The van der Waals surface area contributed by atoms with E-state index in [-0.39, 0.29) is 5.92 Å². The zero-order valence-electron chi connectivity index (χ0n) is 13.6. The first-order chi connectivity index (χ1) is 9.95. The Morgan fingerprint density at radius 1 is 1.19 bits per heavy atom. The molecule has 0 amide bonds. The number of hydrogen-bond acceptors (Lipinski definition) is 2. The Morgan fingerprint density at radius 3 is 2.71 bits per heavy atom. The van der Waals surface area contributed by atoms with E-state index in [4.69, 9.17) is 0 Å². The van der Waals surface area contributed by atoms with Crippen LogP contribution in [0.3, 0.4) is 0 Å². The van der Waals surface area contributed by atoms with Gasteiger partial charge in [-0.2, -0.15) is 0 Å². The van der Waals surface area contributed by atoms with Gasteiger partial charge in [-0.15, -0.1) is 0 Å². The van der Waals surface area contributed by atoms with Gasteiger partial charge in [0.25, 0.3) is 0 Å². The summed E-state index contributed by atoms with van der Waals surface area (Å²) in [5.41, 5.74) is 3.11. The minimum absolute atomic E-state index is 0.231. The number of hydrogen-bond donors (Lipinski definition) is 0. The number of para-hydroxylation sites is 1. The number of fused-ring (bicyclic) bond motifs is 1. The van der Waals surface area contributed by atoms with Crippen LogP contribution in [-0.4, -0.2) is 18.9 Å². The molecule has 0 saturated heterocycles. The fraction of sp³-hybridized carbons (Fsp3) is 0.632. The van der Waals surface area contributed by atoms with Crippen molar-refractivity contribution < 1.29 is 4.79 Å². The zero-order valence-corrected chi connectivity index (χ0v) is 13.6. The fourth-order valence-corrected chi connectivity index (χ4v) is 3.94. The van der Waals surface area contributed by atoms with E-state index in [9.17, 15) is 4.79 Å².